The Balaban J connectivity index is 2.37. The van der Waals surface area contributed by atoms with Gasteiger partial charge in [-0.25, -0.2) is 8.78 Å². The maximum atomic E-state index is 13.0. The van der Waals surface area contributed by atoms with Crippen LogP contribution in [-0.2, 0) is 0 Å². The van der Waals surface area contributed by atoms with E-state index in [0.717, 1.165) is 11.4 Å². The van der Waals surface area contributed by atoms with Crippen LogP contribution in [-0.4, -0.2) is 0 Å². The summed E-state index contributed by atoms with van der Waals surface area (Å²) in [6.07, 6.45) is 0. The number of halogens is 3. The van der Waals surface area contributed by atoms with Gasteiger partial charge in [-0.05, 0) is 17.4 Å². The van der Waals surface area contributed by atoms with E-state index in [2.05, 4.69) is 0 Å². The van der Waals surface area contributed by atoms with Crippen molar-refractivity contribution in [1.29, 1.82) is 0 Å². The van der Waals surface area contributed by atoms with E-state index >= 15 is 0 Å². The SMILES string of the molecule is Fc1cc(F)cc(P(Cl)c2ccccc2)c1. The Morgan fingerprint density at radius 2 is 1.38 bits per heavy atom. The number of hydrogen-bond acceptors (Lipinski definition) is 0. The second-order valence-electron chi connectivity index (χ2n) is 3.24. The molecule has 0 bridgehead atoms. The molecule has 2 aromatic rings. The van der Waals surface area contributed by atoms with Gasteiger partial charge in [-0.3, -0.25) is 0 Å². The molecule has 0 aliphatic carbocycles. The fourth-order valence-corrected chi connectivity index (χ4v) is 3.20. The van der Waals surface area contributed by atoms with Crippen LogP contribution in [0.2, 0.25) is 0 Å². The molecule has 0 spiro atoms. The summed E-state index contributed by atoms with van der Waals surface area (Å²) in [5, 5.41) is 1.37. The van der Waals surface area contributed by atoms with Gasteiger partial charge in [0.1, 0.15) is 11.6 Å². The van der Waals surface area contributed by atoms with E-state index in [9.17, 15) is 8.78 Å². The topological polar surface area (TPSA) is 0 Å². The van der Waals surface area contributed by atoms with Crippen LogP contribution in [0.25, 0.3) is 0 Å². The van der Waals surface area contributed by atoms with Crippen LogP contribution in [0.15, 0.2) is 48.5 Å². The van der Waals surface area contributed by atoms with Gasteiger partial charge in [0, 0.05) is 11.4 Å². The number of rotatable bonds is 2. The van der Waals surface area contributed by atoms with Crippen LogP contribution < -0.4 is 10.6 Å². The van der Waals surface area contributed by atoms with Crippen LogP contribution in [0.4, 0.5) is 8.78 Å². The van der Waals surface area contributed by atoms with E-state index in [1.807, 2.05) is 30.3 Å². The molecule has 16 heavy (non-hydrogen) atoms. The number of hydrogen-bond donors (Lipinski definition) is 0. The second-order valence-corrected chi connectivity index (χ2v) is 5.85. The lowest BCUT2D eigenvalue weighted by Crippen LogP contribution is -2.09. The van der Waals surface area contributed by atoms with Gasteiger partial charge in [0.05, 0.1) is 7.27 Å². The molecule has 0 fully saturated rings. The van der Waals surface area contributed by atoms with Crippen molar-refractivity contribution in [3.05, 3.63) is 60.2 Å². The van der Waals surface area contributed by atoms with E-state index in [1.165, 1.54) is 12.1 Å². The molecule has 2 aromatic carbocycles. The third kappa shape index (κ3) is 2.58. The fraction of sp³-hybridized carbons (Fsp3) is 0. The van der Waals surface area contributed by atoms with Gasteiger partial charge in [-0.1, -0.05) is 41.6 Å². The van der Waals surface area contributed by atoms with Gasteiger partial charge >= 0.3 is 0 Å². The molecule has 0 nitrogen and oxygen atoms in total. The lowest BCUT2D eigenvalue weighted by Gasteiger charge is -2.10. The molecule has 0 aromatic heterocycles. The van der Waals surface area contributed by atoms with Crippen molar-refractivity contribution >= 4 is 29.1 Å². The van der Waals surface area contributed by atoms with Gasteiger partial charge in [0.25, 0.3) is 0 Å². The first-order valence-corrected chi connectivity index (χ1v) is 6.88. The summed E-state index contributed by atoms with van der Waals surface area (Å²) in [6.45, 7) is 0. The summed E-state index contributed by atoms with van der Waals surface area (Å²) < 4.78 is 26.0. The third-order valence-electron chi connectivity index (χ3n) is 2.06. The zero-order valence-electron chi connectivity index (χ0n) is 8.20. The highest BCUT2D eigenvalue weighted by atomic mass is 35.7. The average Bonchev–Trinajstić information content (AvgIpc) is 2.28. The van der Waals surface area contributed by atoms with Gasteiger partial charge in [0.2, 0.25) is 0 Å². The van der Waals surface area contributed by atoms with Crippen molar-refractivity contribution in [2.45, 2.75) is 0 Å². The standard InChI is InChI=1S/C12H8ClF2P/c13-16(11-4-2-1-3-5-11)12-7-9(14)6-10(15)8-12/h1-8H. The minimum atomic E-state index is -1.21. The van der Waals surface area contributed by atoms with E-state index in [-0.39, 0.29) is 0 Å². The van der Waals surface area contributed by atoms with E-state index in [0.29, 0.717) is 5.30 Å². The molecule has 4 heteroatoms. The summed E-state index contributed by atoms with van der Waals surface area (Å²) >= 11 is 6.21. The van der Waals surface area contributed by atoms with Gasteiger partial charge < -0.3 is 0 Å². The number of benzene rings is 2. The molecule has 0 radical (unpaired) electrons. The predicted molar refractivity (Wildman–Crippen MR) is 64.8 cm³/mol. The summed E-state index contributed by atoms with van der Waals surface area (Å²) in [4.78, 5) is 0. The first-order chi connectivity index (χ1) is 7.66. The van der Waals surface area contributed by atoms with Crippen molar-refractivity contribution in [2.24, 2.45) is 0 Å². The van der Waals surface area contributed by atoms with Crippen LogP contribution in [0.1, 0.15) is 0 Å². The molecule has 0 saturated heterocycles. The molecule has 0 heterocycles. The van der Waals surface area contributed by atoms with Crippen molar-refractivity contribution in [3.63, 3.8) is 0 Å². The highest BCUT2D eigenvalue weighted by Crippen LogP contribution is 2.38. The van der Waals surface area contributed by atoms with Crippen LogP contribution in [0, 0.1) is 11.6 Å². The normalized spacial score (nSPS) is 12.4. The quantitative estimate of drug-likeness (QED) is 0.721. The van der Waals surface area contributed by atoms with Crippen molar-refractivity contribution in [1.82, 2.24) is 0 Å². The molecule has 0 aliphatic rings. The maximum absolute atomic E-state index is 13.0. The molecular weight excluding hydrogens is 249 g/mol. The highest BCUT2D eigenvalue weighted by Gasteiger charge is 2.12. The molecular formula is C12H8ClF2P. The van der Waals surface area contributed by atoms with Gasteiger partial charge in [-0.2, -0.15) is 0 Å². The van der Waals surface area contributed by atoms with Crippen molar-refractivity contribution < 1.29 is 8.78 Å². The minimum Gasteiger partial charge on any atom is -0.207 e. The third-order valence-corrected chi connectivity index (χ3v) is 4.69. The first-order valence-electron chi connectivity index (χ1n) is 4.64. The summed E-state index contributed by atoms with van der Waals surface area (Å²) in [5.74, 6) is -1.20. The second kappa shape index (κ2) is 4.90. The smallest absolute Gasteiger partial charge is 0.126 e. The van der Waals surface area contributed by atoms with Gasteiger partial charge in [0.15, 0.2) is 0 Å². The predicted octanol–water partition coefficient (Wildman–Crippen LogP) is 3.55. The summed E-state index contributed by atoms with van der Waals surface area (Å²) in [5.41, 5.74) is 0. The Hall–Kier alpha value is -0.980. The zero-order chi connectivity index (χ0) is 11.5. The van der Waals surface area contributed by atoms with Crippen molar-refractivity contribution in [3.8, 4) is 0 Å². The van der Waals surface area contributed by atoms with E-state index < -0.39 is 18.9 Å². The Labute approximate surface area is 98.4 Å². The van der Waals surface area contributed by atoms with Crippen LogP contribution in [0.3, 0.4) is 0 Å². The molecule has 0 saturated carbocycles. The molecule has 1 atom stereocenters. The Kier molecular flexibility index (Phi) is 3.52. The van der Waals surface area contributed by atoms with E-state index in [1.54, 1.807) is 0 Å². The first kappa shape index (κ1) is 11.5. The minimum absolute atomic E-state index is 0.486. The Morgan fingerprint density at radius 1 is 0.812 bits per heavy atom. The van der Waals surface area contributed by atoms with Crippen LogP contribution in [0.5, 0.6) is 0 Å². The fourth-order valence-electron chi connectivity index (χ4n) is 1.36. The molecule has 82 valence electrons. The molecule has 2 rings (SSSR count). The summed E-state index contributed by atoms with van der Waals surface area (Å²) in [6, 6.07) is 12.7. The summed E-state index contributed by atoms with van der Waals surface area (Å²) in [7, 11) is -1.21. The van der Waals surface area contributed by atoms with E-state index in [4.69, 9.17) is 11.2 Å². The molecule has 0 amide bonds. The lowest BCUT2D eigenvalue weighted by atomic mass is 10.3. The average molecular weight is 257 g/mol. The molecule has 1 unspecified atom stereocenters. The molecule has 0 aliphatic heterocycles. The van der Waals surface area contributed by atoms with Crippen molar-refractivity contribution in [2.75, 3.05) is 0 Å². The highest BCUT2D eigenvalue weighted by molar-refractivity contribution is 7.95. The largest absolute Gasteiger partial charge is 0.207 e. The maximum Gasteiger partial charge on any atom is 0.126 e. The Bertz CT molecular complexity index is 467. The Morgan fingerprint density at radius 3 is 1.94 bits per heavy atom. The lowest BCUT2D eigenvalue weighted by molar-refractivity contribution is 0.585. The zero-order valence-corrected chi connectivity index (χ0v) is 9.85. The van der Waals surface area contributed by atoms with Gasteiger partial charge in [-0.15, -0.1) is 0 Å². The molecule has 0 N–H and O–H groups in total. The van der Waals surface area contributed by atoms with Crippen LogP contribution >= 0.6 is 18.5 Å². The monoisotopic (exact) mass is 256 g/mol.